The van der Waals surface area contributed by atoms with Crippen LogP contribution in [-0.4, -0.2) is 11.2 Å². The van der Waals surface area contributed by atoms with Crippen molar-refractivity contribution < 1.29 is 9.84 Å². The van der Waals surface area contributed by atoms with Gasteiger partial charge in [0.25, 0.3) is 0 Å². The molecule has 0 bridgehead atoms. The molecule has 4 atom stereocenters. The van der Waals surface area contributed by atoms with Crippen molar-refractivity contribution in [3.8, 4) is 0 Å². The second kappa shape index (κ2) is 2.34. The molecule has 0 unspecified atom stereocenters. The fourth-order valence-corrected chi connectivity index (χ4v) is 2.28. The second-order valence-corrected chi connectivity index (χ2v) is 3.95. The number of hydrogen-bond acceptors (Lipinski definition) is 2. The number of rotatable bonds is 0. The Kier molecular flexibility index (Phi) is 1.35. The van der Waals surface area contributed by atoms with Crippen molar-refractivity contribution in [2.45, 2.75) is 25.2 Å². The minimum absolute atomic E-state index is 0.236. The third-order valence-electron chi connectivity index (χ3n) is 3.16. The van der Waals surface area contributed by atoms with E-state index in [2.05, 4.69) is 6.07 Å². The van der Waals surface area contributed by atoms with E-state index < -0.39 is 0 Å². The maximum absolute atomic E-state index is 9.95. The molecule has 1 aromatic rings. The summed E-state index contributed by atoms with van der Waals surface area (Å²) in [5.41, 5.74) is 2.23. The molecule has 0 spiro atoms. The third kappa shape index (κ3) is 0.901. The SMILES string of the molecule is C[C@@H]1[C@@H]2O[C@@H]2c2ccccc2[C@H]1O. The molecule has 1 saturated heterocycles. The van der Waals surface area contributed by atoms with Crippen LogP contribution in [0.1, 0.15) is 30.3 Å². The average Bonchev–Trinajstić information content (AvgIpc) is 2.94. The summed E-state index contributed by atoms with van der Waals surface area (Å²) in [5.74, 6) is 0.236. The van der Waals surface area contributed by atoms with Gasteiger partial charge in [0.15, 0.2) is 0 Å². The fourth-order valence-electron chi connectivity index (χ4n) is 2.28. The highest BCUT2D eigenvalue weighted by atomic mass is 16.6. The molecule has 1 heterocycles. The molecule has 0 radical (unpaired) electrons. The molecule has 2 nitrogen and oxygen atoms in total. The normalized spacial score (nSPS) is 40.8. The maximum Gasteiger partial charge on any atom is 0.110 e. The van der Waals surface area contributed by atoms with E-state index in [1.807, 2.05) is 25.1 Å². The summed E-state index contributed by atoms with van der Waals surface area (Å²) in [5, 5.41) is 9.95. The van der Waals surface area contributed by atoms with Crippen molar-refractivity contribution in [2.75, 3.05) is 0 Å². The highest BCUT2D eigenvalue weighted by Crippen LogP contribution is 2.53. The average molecular weight is 176 g/mol. The highest BCUT2D eigenvalue weighted by Gasteiger charge is 2.51. The first-order valence-electron chi connectivity index (χ1n) is 4.71. The molecule has 0 aromatic heterocycles. The van der Waals surface area contributed by atoms with Gasteiger partial charge in [-0.25, -0.2) is 0 Å². The molecular weight excluding hydrogens is 164 g/mol. The van der Waals surface area contributed by atoms with Gasteiger partial charge >= 0.3 is 0 Å². The van der Waals surface area contributed by atoms with Crippen LogP contribution in [0.5, 0.6) is 0 Å². The van der Waals surface area contributed by atoms with E-state index in [1.54, 1.807) is 0 Å². The van der Waals surface area contributed by atoms with E-state index in [0.29, 0.717) is 0 Å². The quantitative estimate of drug-likeness (QED) is 0.611. The number of fused-ring (bicyclic) bond motifs is 3. The first-order chi connectivity index (χ1) is 6.29. The molecular formula is C11H12O2. The van der Waals surface area contributed by atoms with Crippen LogP contribution in [0.4, 0.5) is 0 Å². The summed E-state index contributed by atoms with van der Waals surface area (Å²) in [6.07, 6.45) is 0.166. The summed E-state index contributed by atoms with van der Waals surface area (Å²) in [4.78, 5) is 0. The minimum atomic E-state index is -0.347. The van der Waals surface area contributed by atoms with Crippen LogP contribution in [-0.2, 0) is 4.74 Å². The van der Waals surface area contributed by atoms with Crippen molar-refractivity contribution in [2.24, 2.45) is 5.92 Å². The molecule has 2 aliphatic rings. The molecule has 1 aliphatic heterocycles. The van der Waals surface area contributed by atoms with Gasteiger partial charge in [0.1, 0.15) is 6.10 Å². The van der Waals surface area contributed by atoms with Gasteiger partial charge in [0.2, 0.25) is 0 Å². The number of benzene rings is 1. The van der Waals surface area contributed by atoms with Crippen molar-refractivity contribution in [3.05, 3.63) is 35.4 Å². The van der Waals surface area contributed by atoms with Crippen LogP contribution < -0.4 is 0 Å². The molecule has 1 N–H and O–H groups in total. The Morgan fingerprint density at radius 1 is 1.23 bits per heavy atom. The summed E-state index contributed by atoms with van der Waals surface area (Å²) in [6, 6.07) is 8.02. The first-order valence-corrected chi connectivity index (χ1v) is 4.71. The zero-order valence-corrected chi connectivity index (χ0v) is 7.47. The monoisotopic (exact) mass is 176 g/mol. The topological polar surface area (TPSA) is 32.8 Å². The van der Waals surface area contributed by atoms with Crippen LogP contribution in [0.2, 0.25) is 0 Å². The Balaban J connectivity index is 2.14. The molecule has 3 rings (SSSR count). The summed E-state index contributed by atoms with van der Waals surface area (Å²) in [7, 11) is 0. The second-order valence-electron chi connectivity index (χ2n) is 3.95. The third-order valence-corrected chi connectivity index (χ3v) is 3.16. The minimum Gasteiger partial charge on any atom is -0.388 e. The van der Waals surface area contributed by atoms with Gasteiger partial charge in [-0.15, -0.1) is 0 Å². The lowest BCUT2D eigenvalue weighted by molar-refractivity contribution is 0.0981. The van der Waals surface area contributed by atoms with Gasteiger partial charge in [0.05, 0.1) is 12.2 Å². The lowest BCUT2D eigenvalue weighted by atomic mass is 9.83. The molecule has 1 aromatic carbocycles. The van der Waals surface area contributed by atoms with Crippen molar-refractivity contribution in [1.82, 2.24) is 0 Å². The largest absolute Gasteiger partial charge is 0.388 e. The van der Waals surface area contributed by atoms with Gasteiger partial charge in [-0.05, 0) is 11.1 Å². The smallest absolute Gasteiger partial charge is 0.110 e. The van der Waals surface area contributed by atoms with Gasteiger partial charge in [-0.1, -0.05) is 31.2 Å². The standard InChI is InChI=1S/C11H12O2/c1-6-9(12)7-4-2-3-5-8(7)11-10(6)13-11/h2-6,9-12H,1H3/t6-,9-,10-,11+/m0/s1. The Morgan fingerprint density at radius 2 is 1.92 bits per heavy atom. The molecule has 0 amide bonds. The van der Waals surface area contributed by atoms with Crippen LogP contribution >= 0.6 is 0 Å². The molecule has 1 aliphatic carbocycles. The maximum atomic E-state index is 9.95. The lowest BCUT2D eigenvalue weighted by Gasteiger charge is -2.23. The number of hydrogen-bond donors (Lipinski definition) is 1. The van der Waals surface area contributed by atoms with Gasteiger partial charge in [-0.2, -0.15) is 0 Å². The van der Waals surface area contributed by atoms with E-state index in [-0.39, 0.29) is 24.2 Å². The van der Waals surface area contributed by atoms with Crippen molar-refractivity contribution in [3.63, 3.8) is 0 Å². The zero-order chi connectivity index (χ0) is 9.00. The van der Waals surface area contributed by atoms with Gasteiger partial charge in [-0.3, -0.25) is 0 Å². The number of aliphatic hydroxyl groups excluding tert-OH is 1. The predicted molar refractivity (Wildman–Crippen MR) is 48.2 cm³/mol. The molecule has 1 fully saturated rings. The van der Waals surface area contributed by atoms with E-state index in [1.165, 1.54) is 5.56 Å². The summed E-state index contributed by atoms with van der Waals surface area (Å²) in [6.45, 7) is 2.05. The van der Waals surface area contributed by atoms with E-state index >= 15 is 0 Å². The lowest BCUT2D eigenvalue weighted by Crippen LogP contribution is -2.20. The Labute approximate surface area is 77.2 Å². The van der Waals surface area contributed by atoms with E-state index in [4.69, 9.17) is 4.74 Å². The van der Waals surface area contributed by atoms with Crippen LogP contribution in [0.3, 0.4) is 0 Å². The zero-order valence-electron chi connectivity index (χ0n) is 7.47. The Hall–Kier alpha value is -0.860. The van der Waals surface area contributed by atoms with Crippen molar-refractivity contribution >= 4 is 0 Å². The Morgan fingerprint density at radius 3 is 2.69 bits per heavy atom. The van der Waals surface area contributed by atoms with Crippen LogP contribution in [0.25, 0.3) is 0 Å². The molecule has 68 valence electrons. The summed E-state index contributed by atoms with van der Waals surface area (Å²) >= 11 is 0. The number of aliphatic hydroxyl groups is 1. The van der Waals surface area contributed by atoms with Crippen LogP contribution in [0, 0.1) is 5.92 Å². The fraction of sp³-hybridized carbons (Fsp3) is 0.455. The summed E-state index contributed by atoms with van der Waals surface area (Å²) < 4.78 is 5.53. The number of ether oxygens (including phenoxy) is 1. The highest BCUT2D eigenvalue weighted by molar-refractivity contribution is 5.38. The predicted octanol–water partition coefficient (Wildman–Crippen LogP) is 1.81. The molecule has 2 heteroatoms. The first kappa shape index (κ1) is 7.54. The van der Waals surface area contributed by atoms with E-state index in [9.17, 15) is 5.11 Å². The van der Waals surface area contributed by atoms with Crippen LogP contribution in [0.15, 0.2) is 24.3 Å². The van der Waals surface area contributed by atoms with Crippen molar-refractivity contribution in [1.29, 1.82) is 0 Å². The van der Waals surface area contributed by atoms with Gasteiger partial charge in [0, 0.05) is 5.92 Å². The molecule has 13 heavy (non-hydrogen) atoms. The number of epoxide rings is 1. The molecule has 0 saturated carbocycles. The van der Waals surface area contributed by atoms with Gasteiger partial charge < -0.3 is 9.84 Å². The van der Waals surface area contributed by atoms with E-state index in [0.717, 1.165) is 5.56 Å². The Bertz CT molecular complexity index is 348.